The summed E-state index contributed by atoms with van der Waals surface area (Å²) in [5, 5.41) is 11.9. The summed E-state index contributed by atoms with van der Waals surface area (Å²) in [6.45, 7) is 5.86. The summed E-state index contributed by atoms with van der Waals surface area (Å²) in [7, 11) is 1.47. The Balaban J connectivity index is 2.15. The summed E-state index contributed by atoms with van der Waals surface area (Å²) >= 11 is 0. The molecule has 2 aromatic rings. The van der Waals surface area contributed by atoms with E-state index in [-0.39, 0.29) is 18.9 Å². The summed E-state index contributed by atoms with van der Waals surface area (Å²) < 4.78 is 11.0. The van der Waals surface area contributed by atoms with Gasteiger partial charge in [0, 0.05) is 30.6 Å². The quantitative estimate of drug-likeness (QED) is 0.688. The van der Waals surface area contributed by atoms with E-state index in [4.69, 9.17) is 14.6 Å². The normalized spacial score (nSPS) is 12.9. The maximum absolute atomic E-state index is 12.7. The molecule has 0 spiro atoms. The molecule has 1 aromatic heterocycles. The number of carbonyl (C=O) groups is 2. The largest absolute Gasteiger partial charge is 0.488 e. The molecule has 0 saturated carbocycles. The van der Waals surface area contributed by atoms with E-state index in [1.165, 1.54) is 7.11 Å². The number of aryl methyl sites for hydroxylation is 2. The summed E-state index contributed by atoms with van der Waals surface area (Å²) in [4.78, 5) is 27.9. The molecule has 0 aliphatic carbocycles. The Morgan fingerprint density at radius 3 is 2.46 bits per heavy atom. The Labute approximate surface area is 164 Å². The minimum Gasteiger partial charge on any atom is -0.488 e. The number of rotatable bonds is 9. The molecule has 0 saturated heterocycles. The first-order valence-electron chi connectivity index (χ1n) is 8.90. The van der Waals surface area contributed by atoms with Crippen molar-refractivity contribution in [3.63, 3.8) is 0 Å². The highest BCUT2D eigenvalue weighted by atomic mass is 16.5. The van der Waals surface area contributed by atoms with Crippen molar-refractivity contribution in [3.05, 3.63) is 58.9 Å². The third-order valence-corrected chi connectivity index (χ3v) is 4.25. The number of pyridine rings is 1. The number of benzene rings is 1. The Hall–Kier alpha value is -2.93. The standard InChI is InChI=1S/C21H26N2O5/c1-14-8-17(20(26)23-21(3,13-27-4)10-18(24)25)9-15(2)19(14)28-12-16-6-5-7-22-11-16/h5-9,11H,10,12-13H2,1-4H3,(H,23,26)(H,24,25). The maximum atomic E-state index is 12.7. The number of carboxylic acids is 1. The zero-order chi connectivity index (χ0) is 20.7. The van der Waals surface area contributed by atoms with Crippen LogP contribution in [0.25, 0.3) is 0 Å². The number of nitrogens with zero attached hydrogens (tertiary/aromatic N) is 1. The molecular formula is C21H26N2O5. The van der Waals surface area contributed by atoms with Gasteiger partial charge in [-0.05, 0) is 50.1 Å². The van der Waals surface area contributed by atoms with Gasteiger partial charge in [-0.1, -0.05) is 6.07 Å². The third-order valence-electron chi connectivity index (χ3n) is 4.25. The minimum atomic E-state index is -1.01. The molecule has 2 rings (SSSR count). The Kier molecular flexibility index (Phi) is 7.12. The maximum Gasteiger partial charge on any atom is 0.305 e. The predicted octanol–water partition coefficient (Wildman–Crippen LogP) is 2.89. The second-order valence-electron chi connectivity index (χ2n) is 7.11. The van der Waals surface area contributed by atoms with Crippen LogP contribution in [0, 0.1) is 13.8 Å². The van der Waals surface area contributed by atoms with Crippen LogP contribution in [0.1, 0.15) is 40.4 Å². The predicted molar refractivity (Wildman–Crippen MR) is 104 cm³/mol. The molecule has 28 heavy (non-hydrogen) atoms. The van der Waals surface area contributed by atoms with Crippen molar-refractivity contribution in [2.24, 2.45) is 0 Å². The summed E-state index contributed by atoms with van der Waals surface area (Å²) in [5.41, 5.74) is 2.03. The van der Waals surface area contributed by atoms with Gasteiger partial charge in [0.15, 0.2) is 0 Å². The molecule has 150 valence electrons. The molecule has 1 unspecified atom stereocenters. The summed E-state index contributed by atoms with van der Waals surface area (Å²) in [5.74, 6) is -0.650. The van der Waals surface area contributed by atoms with E-state index in [0.29, 0.717) is 17.9 Å². The monoisotopic (exact) mass is 386 g/mol. The van der Waals surface area contributed by atoms with E-state index in [0.717, 1.165) is 16.7 Å². The SMILES string of the molecule is COCC(C)(CC(=O)O)NC(=O)c1cc(C)c(OCc2cccnc2)c(C)c1. The number of hydrogen-bond donors (Lipinski definition) is 2. The first kappa shape index (κ1) is 21.4. The zero-order valence-electron chi connectivity index (χ0n) is 16.6. The number of methoxy groups -OCH3 is 1. The van der Waals surface area contributed by atoms with Crippen molar-refractivity contribution in [2.75, 3.05) is 13.7 Å². The fourth-order valence-corrected chi connectivity index (χ4v) is 3.08. The Bertz CT molecular complexity index is 815. The van der Waals surface area contributed by atoms with Gasteiger partial charge in [0.05, 0.1) is 18.6 Å². The molecule has 0 fully saturated rings. The number of hydrogen-bond acceptors (Lipinski definition) is 5. The topological polar surface area (TPSA) is 97.8 Å². The van der Waals surface area contributed by atoms with Crippen LogP contribution in [0.3, 0.4) is 0 Å². The molecule has 1 heterocycles. The highest BCUT2D eigenvalue weighted by Gasteiger charge is 2.30. The smallest absolute Gasteiger partial charge is 0.305 e. The number of aliphatic carboxylic acids is 1. The summed E-state index contributed by atoms with van der Waals surface area (Å²) in [6.07, 6.45) is 3.21. The van der Waals surface area contributed by atoms with E-state index >= 15 is 0 Å². The van der Waals surface area contributed by atoms with Crippen LogP contribution in [-0.2, 0) is 16.1 Å². The van der Waals surface area contributed by atoms with Gasteiger partial charge in [-0.15, -0.1) is 0 Å². The van der Waals surface area contributed by atoms with Crippen LogP contribution in [0.4, 0.5) is 0 Å². The van der Waals surface area contributed by atoms with Gasteiger partial charge >= 0.3 is 5.97 Å². The van der Waals surface area contributed by atoms with Gasteiger partial charge in [0.25, 0.3) is 5.91 Å². The van der Waals surface area contributed by atoms with Crippen LogP contribution in [-0.4, -0.2) is 41.2 Å². The van der Waals surface area contributed by atoms with E-state index in [1.807, 2.05) is 26.0 Å². The lowest BCUT2D eigenvalue weighted by Crippen LogP contribution is -2.50. The molecule has 7 nitrogen and oxygen atoms in total. The fourth-order valence-electron chi connectivity index (χ4n) is 3.08. The number of carbonyl (C=O) groups excluding carboxylic acids is 1. The van der Waals surface area contributed by atoms with Crippen molar-refractivity contribution in [2.45, 2.75) is 39.3 Å². The van der Waals surface area contributed by atoms with Crippen molar-refractivity contribution in [1.29, 1.82) is 0 Å². The second kappa shape index (κ2) is 9.32. The van der Waals surface area contributed by atoms with E-state index in [2.05, 4.69) is 10.3 Å². The van der Waals surface area contributed by atoms with Gasteiger partial charge in [-0.2, -0.15) is 0 Å². The van der Waals surface area contributed by atoms with Crippen molar-refractivity contribution in [3.8, 4) is 5.75 Å². The van der Waals surface area contributed by atoms with Gasteiger partial charge in [0.1, 0.15) is 12.4 Å². The Morgan fingerprint density at radius 1 is 1.25 bits per heavy atom. The van der Waals surface area contributed by atoms with Gasteiger partial charge in [-0.3, -0.25) is 14.6 Å². The van der Waals surface area contributed by atoms with Crippen LogP contribution < -0.4 is 10.1 Å². The second-order valence-corrected chi connectivity index (χ2v) is 7.11. The number of ether oxygens (including phenoxy) is 2. The Morgan fingerprint density at radius 2 is 1.93 bits per heavy atom. The lowest BCUT2D eigenvalue weighted by Gasteiger charge is -2.28. The van der Waals surface area contributed by atoms with Gasteiger partial charge in [0.2, 0.25) is 0 Å². The molecule has 7 heteroatoms. The molecule has 1 atom stereocenters. The first-order chi connectivity index (χ1) is 13.2. The number of carboxylic acid groups (broad SMARTS) is 1. The first-order valence-corrected chi connectivity index (χ1v) is 8.90. The highest BCUT2D eigenvalue weighted by Crippen LogP contribution is 2.26. The number of aromatic nitrogens is 1. The van der Waals surface area contributed by atoms with Crippen molar-refractivity contribution < 1.29 is 24.2 Å². The van der Waals surface area contributed by atoms with Crippen LogP contribution in [0.5, 0.6) is 5.75 Å². The van der Waals surface area contributed by atoms with E-state index in [1.54, 1.807) is 31.5 Å². The molecule has 0 bridgehead atoms. The van der Waals surface area contributed by atoms with E-state index in [9.17, 15) is 9.59 Å². The fraction of sp³-hybridized carbons (Fsp3) is 0.381. The average molecular weight is 386 g/mol. The van der Waals surface area contributed by atoms with Gasteiger partial charge < -0.3 is 19.9 Å². The van der Waals surface area contributed by atoms with Crippen LogP contribution in [0.15, 0.2) is 36.7 Å². The van der Waals surface area contributed by atoms with Crippen molar-refractivity contribution in [1.82, 2.24) is 10.3 Å². The zero-order valence-corrected chi connectivity index (χ0v) is 16.6. The molecule has 0 aliphatic rings. The van der Waals surface area contributed by atoms with Crippen molar-refractivity contribution >= 4 is 11.9 Å². The number of nitrogens with one attached hydrogen (secondary N) is 1. The minimum absolute atomic E-state index is 0.0926. The molecular weight excluding hydrogens is 360 g/mol. The molecule has 1 aromatic carbocycles. The van der Waals surface area contributed by atoms with E-state index < -0.39 is 11.5 Å². The van der Waals surface area contributed by atoms with Crippen LogP contribution >= 0.6 is 0 Å². The molecule has 0 aliphatic heterocycles. The number of amides is 1. The molecule has 1 amide bonds. The average Bonchev–Trinajstić information content (AvgIpc) is 2.61. The lowest BCUT2D eigenvalue weighted by atomic mass is 9.97. The molecule has 2 N–H and O–H groups in total. The molecule has 0 radical (unpaired) electrons. The van der Waals surface area contributed by atoms with Gasteiger partial charge in [-0.25, -0.2) is 0 Å². The lowest BCUT2D eigenvalue weighted by molar-refractivity contribution is -0.139. The third kappa shape index (κ3) is 5.79. The highest BCUT2D eigenvalue weighted by molar-refractivity contribution is 5.95. The van der Waals surface area contributed by atoms with Crippen LogP contribution in [0.2, 0.25) is 0 Å². The summed E-state index contributed by atoms with van der Waals surface area (Å²) in [6, 6.07) is 7.24.